The Balaban J connectivity index is 2.85. The Morgan fingerprint density at radius 2 is 2.31 bits per heavy atom. The van der Waals surface area contributed by atoms with Crippen molar-refractivity contribution in [3.05, 3.63) is 16.9 Å². The average molecular weight is 199 g/mol. The summed E-state index contributed by atoms with van der Waals surface area (Å²) in [6, 6.07) is 1.61. The molecule has 0 bridgehead atoms. The van der Waals surface area contributed by atoms with Gasteiger partial charge in [0.1, 0.15) is 10.5 Å². The van der Waals surface area contributed by atoms with Crippen LogP contribution >= 0.6 is 11.6 Å². The number of halogens is 1. The second kappa shape index (κ2) is 2.88. The summed E-state index contributed by atoms with van der Waals surface area (Å²) in [5.74, 6) is 0.446. The van der Waals surface area contributed by atoms with Crippen molar-refractivity contribution in [1.82, 2.24) is 10.1 Å². The first-order valence-electron chi connectivity index (χ1n) is 3.69. The molecule has 2 aromatic rings. The van der Waals surface area contributed by atoms with E-state index < -0.39 is 0 Å². The first-order chi connectivity index (χ1) is 6.22. The topological polar surface area (TPSA) is 48.2 Å². The molecule has 0 fully saturated rings. The molecular formula is C8H7ClN2O2. The molecule has 0 N–H and O–H groups in total. The molecule has 0 aliphatic rings. The molecule has 0 saturated carbocycles. The third-order valence-electron chi connectivity index (χ3n) is 1.75. The Morgan fingerprint density at radius 1 is 1.54 bits per heavy atom. The molecule has 2 heterocycles. The molecule has 2 rings (SSSR count). The Labute approximate surface area is 79.4 Å². The highest BCUT2D eigenvalue weighted by Crippen LogP contribution is 2.28. The predicted octanol–water partition coefficient (Wildman–Crippen LogP) is 2.19. The fraction of sp³-hybridized carbons (Fsp3) is 0.250. The molecule has 0 unspecified atom stereocenters. The summed E-state index contributed by atoms with van der Waals surface area (Å²) in [5, 5.41) is 4.90. The lowest BCUT2D eigenvalue weighted by atomic mass is 10.3. The van der Waals surface area contributed by atoms with Gasteiger partial charge in [-0.3, -0.25) is 0 Å². The minimum Gasteiger partial charge on any atom is -0.480 e. The molecule has 0 aromatic carbocycles. The van der Waals surface area contributed by atoms with E-state index in [1.165, 1.54) is 7.11 Å². The molecule has 0 saturated heterocycles. The molecule has 5 heteroatoms. The number of aromatic nitrogens is 2. The maximum atomic E-state index is 5.73. The van der Waals surface area contributed by atoms with Crippen molar-refractivity contribution in [3.8, 4) is 5.88 Å². The monoisotopic (exact) mass is 198 g/mol. The van der Waals surface area contributed by atoms with Crippen molar-refractivity contribution >= 4 is 22.6 Å². The van der Waals surface area contributed by atoms with Gasteiger partial charge in [0.25, 0.3) is 0 Å². The van der Waals surface area contributed by atoms with Gasteiger partial charge in [-0.25, -0.2) is 4.98 Å². The molecule has 0 aliphatic heterocycles. The summed E-state index contributed by atoms with van der Waals surface area (Å²) in [4.78, 5) is 4.00. The van der Waals surface area contributed by atoms with Crippen LogP contribution in [0.25, 0.3) is 11.0 Å². The van der Waals surface area contributed by atoms with Gasteiger partial charge in [0.15, 0.2) is 5.58 Å². The third-order valence-corrected chi connectivity index (χ3v) is 1.95. The highest BCUT2D eigenvalue weighted by molar-refractivity contribution is 6.30. The van der Waals surface area contributed by atoms with Crippen LogP contribution in [0, 0.1) is 6.92 Å². The number of methoxy groups -OCH3 is 1. The van der Waals surface area contributed by atoms with Crippen molar-refractivity contribution in [2.24, 2.45) is 0 Å². The van der Waals surface area contributed by atoms with Crippen molar-refractivity contribution < 1.29 is 9.26 Å². The van der Waals surface area contributed by atoms with E-state index in [2.05, 4.69) is 10.1 Å². The third kappa shape index (κ3) is 1.23. The molecule has 0 atom stereocenters. The highest BCUT2D eigenvalue weighted by Gasteiger charge is 2.12. The van der Waals surface area contributed by atoms with Gasteiger partial charge < -0.3 is 9.26 Å². The van der Waals surface area contributed by atoms with Crippen LogP contribution in [0.3, 0.4) is 0 Å². The lowest BCUT2D eigenvalue weighted by Gasteiger charge is -1.99. The molecule has 4 nitrogen and oxygen atoms in total. The van der Waals surface area contributed by atoms with Gasteiger partial charge in [0, 0.05) is 6.07 Å². The summed E-state index contributed by atoms with van der Waals surface area (Å²) >= 11 is 5.73. The van der Waals surface area contributed by atoms with Gasteiger partial charge in [-0.15, -0.1) is 0 Å². The van der Waals surface area contributed by atoms with Crippen molar-refractivity contribution in [2.45, 2.75) is 6.92 Å². The number of hydrogen-bond donors (Lipinski definition) is 0. The van der Waals surface area contributed by atoms with Gasteiger partial charge in [-0.1, -0.05) is 16.8 Å². The minimum absolute atomic E-state index is 0.334. The number of rotatable bonds is 1. The Kier molecular flexibility index (Phi) is 1.84. The maximum Gasteiger partial charge on any atom is 0.227 e. The second-order valence-corrected chi connectivity index (χ2v) is 2.98. The normalized spacial score (nSPS) is 10.7. The maximum absolute atomic E-state index is 5.73. The molecule has 2 aromatic heterocycles. The number of fused-ring (bicyclic) bond motifs is 1. The van der Waals surface area contributed by atoms with Crippen LogP contribution in [0.4, 0.5) is 0 Å². The lowest BCUT2D eigenvalue weighted by molar-refractivity contribution is 0.403. The van der Waals surface area contributed by atoms with Gasteiger partial charge in [-0.05, 0) is 6.92 Å². The standard InChI is InChI=1S/C8H7ClN2O2/c1-4-7-5(13-11-4)3-6(9)10-8(7)12-2/h3H,1-2H3. The van der Waals surface area contributed by atoms with E-state index in [0.717, 1.165) is 11.1 Å². The average Bonchev–Trinajstić information content (AvgIpc) is 2.46. The van der Waals surface area contributed by atoms with Gasteiger partial charge in [-0.2, -0.15) is 0 Å². The van der Waals surface area contributed by atoms with Gasteiger partial charge >= 0.3 is 0 Å². The first-order valence-corrected chi connectivity index (χ1v) is 4.06. The Morgan fingerprint density at radius 3 is 3.00 bits per heavy atom. The fourth-order valence-electron chi connectivity index (χ4n) is 1.19. The van der Waals surface area contributed by atoms with E-state index in [0.29, 0.717) is 16.6 Å². The van der Waals surface area contributed by atoms with Gasteiger partial charge in [0.2, 0.25) is 5.88 Å². The summed E-state index contributed by atoms with van der Waals surface area (Å²) in [7, 11) is 1.53. The summed E-state index contributed by atoms with van der Waals surface area (Å²) in [6.07, 6.45) is 0. The molecule has 0 aliphatic carbocycles. The summed E-state index contributed by atoms with van der Waals surface area (Å²) < 4.78 is 10.1. The number of aryl methyl sites for hydroxylation is 1. The largest absolute Gasteiger partial charge is 0.480 e. The highest BCUT2D eigenvalue weighted by atomic mass is 35.5. The second-order valence-electron chi connectivity index (χ2n) is 2.60. The minimum atomic E-state index is 0.334. The van der Waals surface area contributed by atoms with E-state index in [4.69, 9.17) is 20.9 Å². The SMILES string of the molecule is COc1nc(Cl)cc2onc(C)c12. The number of pyridine rings is 1. The smallest absolute Gasteiger partial charge is 0.227 e. The summed E-state index contributed by atoms with van der Waals surface area (Å²) in [5.41, 5.74) is 1.34. The molecule has 0 amide bonds. The molecule has 13 heavy (non-hydrogen) atoms. The zero-order valence-corrected chi connectivity index (χ0v) is 7.92. The fourth-order valence-corrected chi connectivity index (χ4v) is 1.36. The number of hydrogen-bond acceptors (Lipinski definition) is 4. The van der Waals surface area contributed by atoms with Crippen molar-refractivity contribution in [3.63, 3.8) is 0 Å². The van der Waals surface area contributed by atoms with Crippen LogP contribution in [0.15, 0.2) is 10.6 Å². The molecular weight excluding hydrogens is 192 g/mol. The zero-order chi connectivity index (χ0) is 9.42. The van der Waals surface area contributed by atoms with Crippen LogP contribution in [-0.4, -0.2) is 17.3 Å². The Bertz CT molecular complexity index is 453. The van der Waals surface area contributed by atoms with Crippen LogP contribution < -0.4 is 4.74 Å². The van der Waals surface area contributed by atoms with Crippen molar-refractivity contribution in [1.29, 1.82) is 0 Å². The van der Waals surface area contributed by atoms with Crippen LogP contribution in [0.1, 0.15) is 5.69 Å². The predicted molar refractivity (Wildman–Crippen MR) is 48.1 cm³/mol. The van der Waals surface area contributed by atoms with Crippen LogP contribution in [-0.2, 0) is 0 Å². The van der Waals surface area contributed by atoms with E-state index in [9.17, 15) is 0 Å². The molecule has 68 valence electrons. The van der Waals surface area contributed by atoms with Crippen LogP contribution in [0.5, 0.6) is 5.88 Å². The molecule has 0 spiro atoms. The van der Waals surface area contributed by atoms with Gasteiger partial charge in [0.05, 0.1) is 12.8 Å². The van der Waals surface area contributed by atoms with E-state index >= 15 is 0 Å². The van der Waals surface area contributed by atoms with E-state index in [-0.39, 0.29) is 0 Å². The van der Waals surface area contributed by atoms with Crippen molar-refractivity contribution in [2.75, 3.05) is 7.11 Å². The van der Waals surface area contributed by atoms with E-state index in [1.54, 1.807) is 6.07 Å². The van der Waals surface area contributed by atoms with Crippen LogP contribution in [0.2, 0.25) is 5.15 Å². The molecule has 0 radical (unpaired) electrons. The zero-order valence-electron chi connectivity index (χ0n) is 7.17. The quantitative estimate of drug-likeness (QED) is 0.659. The first kappa shape index (κ1) is 8.31. The number of nitrogens with zero attached hydrogens (tertiary/aromatic N) is 2. The number of ether oxygens (including phenoxy) is 1. The van der Waals surface area contributed by atoms with E-state index in [1.807, 2.05) is 6.92 Å². The Hall–Kier alpha value is -1.29. The lowest BCUT2D eigenvalue weighted by Crippen LogP contribution is -1.89. The summed E-state index contributed by atoms with van der Waals surface area (Å²) in [6.45, 7) is 1.82.